The van der Waals surface area contributed by atoms with Gasteiger partial charge in [-0.25, -0.2) is 0 Å². The van der Waals surface area contributed by atoms with E-state index in [-0.39, 0.29) is 23.2 Å². The van der Waals surface area contributed by atoms with Gasteiger partial charge in [-0.3, -0.25) is 0 Å². The minimum atomic E-state index is -1.95. The summed E-state index contributed by atoms with van der Waals surface area (Å²) in [6.45, 7) is 14.5. The van der Waals surface area contributed by atoms with E-state index in [2.05, 4.69) is 69.5 Å². The normalized spacial score (nSPS) is 16.3. The first-order valence-corrected chi connectivity index (χ1v) is 16.9. The van der Waals surface area contributed by atoms with Crippen molar-refractivity contribution in [3.05, 3.63) is 40.0 Å². The van der Waals surface area contributed by atoms with Gasteiger partial charge in [-0.05, 0) is 72.0 Å². The molecule has 0 saturated heterocycles. The fourth-order valence-corrected chi connectivity index (χ4v) is 5.32. The summed E-state index contributed by atoms with van der Waals surface area (Å²) in [7, 11) is 1.50. The van der Waals surface area contributed by atoms with Crippen molar-refractivity contribution >= 4 is 30.9 Å². The van der Waals surface area contributed by atoms with E-state index in [1.54, 1.807) is 14.2 Å². The van der Waals surface area contributed by atoms with Crippen LogP contribution in [0, 0.1) is 5.92 Å². The lowest BCUT2D eigenvalue weighted by Crippen LogP contribution is -2.45. The molecule has 1 rings (SSSR count). The molecule has 0 aromatic heterocycles. The Balaban J connectivity index is 2.67. The fourth-order valence-electron chi connectivity index (χ4n) is 3.62. The van der Waals surface area contributed by atoms with Gasteiger partial charge >= 0.3 is 0 Å². The highest BCUT2D eigenvalue weighted by Crippen LogP contribution is 2.38. The second-order valence-electron chi connectivity index (χ2n) is 11.0. The number of aliphatic hydroxyl groups excluding tert-OH is 1. The van der Waals surface area contributed by atoms with Crippen LogP contribution < -0.4 is 4.74 Å². The summed E-state index contributed by atoms with van der Waals surface area (Å²) in [5.74, 6) is 0.864. The molecule has 7 heteroatoms. The Bertz CT molecular complexity index is 717. The number of halogens is 1. The molecule has 0 aliphatic rings. The first-order chi connectivity index (χ1) is 16.4. The third-order valence-electron chi connectivity index (χ3n) is 7.11. The van der Waals surface area contributed by atoms with E-state index < -0.39 is 14.4 Å². The van der Waals surface area contributed by atoms with Crippen molar-refractivity contribution in [2.75, 3.05) is 20.8 Å². The number of hydrogen-bond donors (Lipinski definition) is 1. The third kappa shape index (κ3) is 12.6. The van der Waals surface area contributed by atoms with Crippen LogP contribution in [0.2, 0.25) is 18.1 Å². The minimum Gasteiger partial charge on any atom is -0.497 e. The molecule has 0 aliphatic carbocycles. The van der Waals surface area contributed by atoms with Crippen LogP contribution in [0.1, 0.15) is 65.4 Å². The van der Waals surface area contributed by atoms with Crippen LogP contribution in [0.25, 0.3) is 0 Å². The molecular formula is C28H49IO5Si. The van der Waals surface area contributed by atoms with Crippen molar-refractivity contribution in [1.82, 2.24) is 0 Å². The molecule has 0 heterocycles. The van der Waals surface area contributed by atoms with E-state index in [0.29, 0.717) is 19.6 Å². The Morgan fingerprint density at radius 1 is 1.06 bits per heavy atom. The van der Waals surface area contributed by atoms with E-state index >= 15 is 0 Å². The Morgan fingerprint density at radius 2 is 1.69 bits per heavy atom. The Hall–Kier alpha value is -0.453. The van der Waals surface area contributed by atoms with Crippen molar-refractivity contribution in [3.63, 3.8) is 0 Å². The van der Waals surface area contributed by atoms with Gasteiger partial charge in [0.1, 0.15) is 5.75 Å². The summed E-state index contributed by atoms with van der Waals surface area (Å²) >= 11 is 2.25. The molecule has 5 nitrogen and oxygen atoms in total. The number of benzene rings is 1. The van der Waals surface area contributed by atoms with Crippen LogP contribution in [-0.4, -0.2) is 52.6 Å². The lowest BCUT2D eigenvalue weighted by Gasteiger charge is -2.40. The van der Waals surface area contributed by atoms with Gasteiger partial charge in [-0.2, -0.15) is 0 Å². The van der Waals surface area contributed by atoms with Crippen molar-refractivity contribution in [3.8, 4) is 5.75 Å². The predicted molar refractivity (Wildman–Crippen MR) is 157 cm³/mol. The summed E-state index contributed by atoms with van der Waals surface area (Å²) in [4.78, 5) is 0. The van der Waals surface area contributed by atoms with Crippen molar-refractivity contribution in [2.45, 2.75) is 103 Å². The highest BCUT2D eigenvalue weighted by atomic mass is 127. The zero-order chi connectivity index (χ0) is 26.5. The van der Waals surface area contributed by atoms with Crippen LogP contribution in [-0.2, 0) is 20.5 Å². The first-order valence-electron chi connectivity index (χ1n) is 12.8. The molecule has 0 spiro atoms. The van der Waals surface area contributed by atoms with Gasteiger partial charge in [0.15, 0.2) is 8.32 Å². The lowest BCUT2D eigenvalue weighted by molar-refractivity contribution is 0.00260. The molecule has 0 amide bonds. The second kappa shape index (κ2) is 16.4. The lowest BCUT2D eigenvalue weighted by atomic mass is 9.96. The maximum absolute atomic E-state index is 11.0. The standard InChI is InChI=1S/C28H49IO5Si/c1-22(20-33-21-23-14-16-25(32-6)17-15-23)27(30)19-26(34-35(7,8)28(2,3)4)12-9-11-24(31-5)13-10-18-29/h10,14-18,22,24,26-27,30H,9,11-13,19-21H2,1-8H3/b18-10-/t22-,24+,26-,27+/m1/s1. The maximum atomic E-state index is 11.0. The molecule has 0 saturated carbocycles. The van der Waals surface area contributed by atoms with Gasteiger partial charge in [0.2, 0.25) is 0 Å². The summed E-state index contributed by atoms with van der Waals surface area (Å²) in [5.41, 5.74) is 1.09. The Labute approximate surface area is 229 Å². The zero-order valence-electron chi connectivity index (χ0n) is 23.2. The van der Waals surface area contributed by atoms with Crippen LogP contribution >= 0.6 is 22.6 Å². The van der Waals surface area contributed by atoms with E-state index in [0.717, 1.165) is 37.0 Å². The number of rotatable bonds is 17. The van der Waals surface area contributed by atoms with Gasteiger partial charge in [0.25, 0.3) is 0 Å². The third-order valence-corrected chi connectivity index (χ3v) is 12.2. The Kier molecular flexibility index (Phi) is 15.3. The van der Waals surface area contributed by atoms with Gasteiger partial charge in [0.05, 0.1) is 32.5 Å². The van der Waals surface area contributed by atoms with Gasteiger partial charge in [-0.1, -0.05) is 68.5 Å². The number of methoxy groups -OCH3 is 2. The maximum Gasteiger partial charge on any atom is 0.192 e. The SMILES string of the molecule is COc1ccc(COC[C@@H](C)[C@@H](O)C[C@@H](CCC[C@@H](C/C=C\I)OC)O[Si](C)(C)C(C)(C)C)cc1. The molecule has 0 radical (unpaired) electrons. The number of aliphatic hydroxyl groups is 1. The minimum absolute atomic E-state index is 0.0271. The smallest absolute Gasteiger partial charge is 0.192 e. The van der Waals surface area contributed by atoms with Crippen LogP contribution in [0.4, 0.5) is 0 Å². The van der Waals surface area contributed by atoms with Gasteiger partial charge < -0.3 is 23.7 Å². The average Bonchev–Trinajstić information content (AvgIpc) is 2.80. The molecule has 1 N–H and O–H groups in total. The fraction of sp³-hybridized carbons (Fsp3) is 0.714. The molecule has 1 aromatic rings. The average molecular weight is 621 g/mol. The number of ether oxygens (including phenoxy) is 3. The van der Waals surface area contributed by atoms with E-state index in [1.165, 1.54) is 0 Å². The molecule has 0 bridgehead atoms. The highest BCUT2D eigenvalue weighted by molar-refractivity contribution is 14.1. The first kappa shape index (κ1) is 32.6. The molecular weight excluding hydrogens is 571 g/mol. The van der Waals surface area contributed by atoms with Gasteiger partial charge in [-0.15, -0.1) is 0 Å². The van der Waals surface area contributed by atoms with Crippen molar-refractivity contribution in [2.24, 2.45) is 5.92 Å². The molecule has 0 fully saturated rings. The summed E-state index contributed by atoms with van der Waals surface area (Å²) < 4.78 is 25.6. The highest BCUT2D eigenvalue weighted by Gasteiger charge is 2.39. The second-order valence-corrected chi connectivity index (χ2v) is 16.5. The molecule has 0 unspecified atom stereocenters. The number of hydrogen-bond acceptors (Lipinski definition) is 5. The van der Waals surface area contributed by atoms with Gasteiger partial charge in [0, 0.05) is 19.1 Å². The molecule has 1 aromatic carbocycles. The summed E-state index contributed by atoms with van der Waals surface area (Å²) in [5, 5.41) is 11.2. The quantitative estimate of drug-likeness (QED) is 0.144. The van der Waals surface area contributed by atoms with Crippen molar-refractivity contribution < 1.29 is 23.7 Å². The topological polar surface area (TPSA) is 57.2 Å². The van der Waals surface area contributed by atoms with Crippen LogP contribution in [0.15, 0.2) is 34.4 Å². The van der Waals surface area contributed by atoms with Crippen molar-refractivity contribution in [1.29, 1.82) is 0 Å². The Morgan fingerprint density at radius 3 is 2.23 bits per heavy atom. The summed E-state index contributed by atoms with van der Waals surface area (Å²) in [6.07, 6.45) is 6.43. The van der Waals surface area contributed by atoms with E-state index in [1.807, 2.05) is 28.3 Å². The predicted octanol–water partition coefficient (Wildman–Crippen LogP) is 7.51. The molecule has 35 heavy (non-hydrogen) atoms. The largest absolute Gasteiger partial charge is 0.497 e. The molecule has 4 atom stereocenters. The van der Waals surface area contributed by atoms with Crippen LogP contribution in [0.3, 0.4) is 0 Å². The monoisotopic (exact) mass is 620 g/mol. The molecule has 202 valence electrons. The molecule has 0 aliphatic heterocycles. The van der Waals surface area contributed by atoms with Crippen LogP contribution in [0.5, 0.6) is 5.75 Å². The van der Waals surface area contributed by atoms with E-state index in [9.17, 15) is 5.11 Å². The summed E-state index contributed by atoms with van der Waals surface area (Å²) in [6, 6.07) is 7.89. The van der Waals surface area contributed by atoms with E-state index in [4.69, 9.17) is 18.6 Å². The zero-order valence-corrected chi connectivity index (χ0v) is 26.3.